The first-order valence-corrected chi connectivity index (χ1v) is 10.8. The van der Waals surface area contributed by atoms with Crippen LogP contribution in [0.1, 0.15) is 24.4 Å². The maximum absolute atomic E-state index is 6.12. The Morgan fingerprint density at radius 1 is 1.00 bits per heavy atom. The summed E-state index contributed by atoms with van der Waals surface area (Å²) in [6, 6.07) is 14.0. The third-order valence-electron chi connectivity index (χ3n) is 5.85. The van der Waals surface area contributed by atoms with Gasteiger partial charge in [-0.1, -0.05) is 46.6 Å². The van der Waals surface area contributed by atoms with Crippen molar-refractivity contribution in [2.45, 2.75) is 19.9 Å². The zero-order valence-electron chi connectivity index (χ0n) is 17.5. The number of rotatable bonds is 4. The van der Waals surface area contributed by atoms with Gasteiger partial charge < -0.3 is 9.42 Å². The summed E-state index contributed by atoms with van der Waals surface area (Å²) in [4.78, 5) is 18.2. The molecule has 1 aliphatic heterocycles. The van der Waals surface area contributed by atoms with Gasteiger partial charge >= 0.3 is 0 Å². The van der Waals surface area contributed by atoms with E-state index in [2.05, 4.69) is 55.9 Å². The van der Waals surface area contributed by atoms with Crippen LogP contribution in [0.15, 0.2) is 53.3 Å². The molecule has 0 amide bonds. The van der Waals surface area contributed by atoms with Crippen LogP contribution >= 0.6 is 11.6 Å². The molecule has 2 aromatic carbocycles. The number of halogens is 1. The van der Waals surface area contributed by atoms with Gasteiger partial charge in [0.15, 0.2) is 0 Å². The molecular weight excluding hydrogens is 412 g/mol. The smallest absolute Gasteiger partial charge is 0.244 e. The average molecular weight is 435 g/mol. The molecule has 0 unspecified atom stereocenters. The van der Waals surface area contributed by atoms with Gasteiger partial charge in [-0.25, -0.2) is 9.97 Å². The van der Waals surface area contributed by atoms with Crippen molar-refractivity contribution in [1.82, 2.24) is 25.0 Å². The second-order valence-corrected chi connectivity index (χ2v) is 8.32. The minimum Gasteiger partial charge on any atom is -0.353 e. The Bertz CT molecular complexity index is 1200. The van der Waals surface area contributed by atoms with Gasteiger partial charge in [0.25, 0.3) is 0 Å². The second-order valence-electron chi connectivity index (χ2n) is 7.88. The van der Waals surface area contributed by atoms with E-state index < -0.39 is 0 Å². The van der Waals surface area contributed by atoms with E-state index in [1.54, 1.807) is 6.33 Å². The van der Waals surface area contributed by atoms with Gasteiger partial charge in [-0.15, -0.1) is 0 Å². The van der Waals surface area contributed by atoms with Gasteiger partial charge in [0.2, 0.25) is 11.7 Å². The number of aryl methyl sites for hydroxylation is 1. The van der Waals surface area contributed by atoms with Crippen LogP contribution in [-0.4, -0.2) is 51.2 Å². The molecule has 1 atom stereocenters. The van der Waals surface area contributed by atoms with E-state index in [4.69, 9.17) is 16.1 Å². The lowest BCUT2D eigenvalue weighted by molar-refractivity contribution is 0.164. The number of fused-ring (bicyclic) bond motifs is 1. The fourth-order valence-electron chi connectivity index (χ4n) is 3.97. The third kappa shape index (κ3) is 3.98. The molecule has 0 N–H and O–H groups in total. The number of piperazine rings is 1. The lowest BCUT2D eigenvalue weighted by atomic mass is 10.1. The van der Waals surface area contributed by atoms with Crippen LogP contribution in [0, 0.1) is 6.92 Å². The molecule has 0 aliphatic carbocycles. The monoisotopic (exact) mass is 434 g/mol. The molecule has 7 nitrogen and oxygen atoms in total. The lowest BCUT2D eigenvalue weighted by Gasteiger charge is -2.37. The van der Waals surface area contributed by atoms with Crippen LogP contribution in [0.25, 0.3) is 22.3 Å². The Morgan fingerprint density at radius 3 is 2.55 bits per heavy atom. The molecule has 1 saturated heterocycles. The van der Waals surface area contributed by atoms with Crippen LogP contribution < -0.4 is 4.90 Å². The number of nitrogens with zero attached hydrogens (tertiary/aromatic N) is 6. The summed E-state index contributed by atoms with van der Waals surface area (Å²) < 4.78 is 5.60. The third-order valence-corrected chi connectivity index (χ3v) is 6.08. The molecular formula is C23H23ClN6O. The fraction of sp³-hybridized carbons (Fsp3) is 0.304. The molecule has 4 aromatic rings. The van der Waals surface area contributed by atoms with Crippen molar-refractivity contribution in [3.8, 4) is 11.4 Å². The normalized spacial score (nSPS) is 16.0. The van der Waals surface area contributed by atoms with E-state index in [1.807, 2.05) is 30.3 Å². The summed E-state index contributed by atoms with van der Waals surface area (Å²) in [5, 5.41) is 5.89. The predicted molar refractivity (Wildman–Crippen MR) is 121 cm³/mol. The molecule has 0 spiro atoms. The van der Waals surface area contributed by atoms with Crippen molar-refractivity contribution in [2.75, 3.05) is 31.1 Å². The van der Waals surface area contributed by atoms with Crippen LogP contribution in [0.3, 0.4) is 0 Å². The zero-order chi connectivity index (χ0) is 21.4. The van der Waals surface area contributed by atoms with E-state index in [0.29, 0.717) is 16.7 Å². The Morgan fingerprint density at radius 2 is 1.77 bits per heavy atom. The Labute approximate surface area is 185 Å². The number of aromatic nitrogens is 4. The summed E-state index contributed by atoms with van der Waals surface area (Å²) in [5.41, 5.74) is 3.04. The molecule has 0 radical (unpaired) electrons. The molecule has 8 heteroatoms. The quantitative estimate of drug-likeness (QED) is 0.467. The minimum atomic E-state index is 0.0507. The molecule has 0 bridgehead atoms. The Balaban J connectivity index is 1.28. The summed E-state index contributed by atoms with van der Waals surface area (Å²) in [6.07, 6.45) is 1.61. The van der Waals surface area contributed by atoms with Crippen LogP contribution in [-0.2, 0) is 0 Å². The first-order chi connectivity index (χ1) is 15.1. The highest BCUT2D eigenvalue weighted by molar-refractivity contribution is 6.31. The maximum atomic E-state index is 6.12. The summed E-state index contributed by atoms with van der Waals surface area (Å²) in [6.45, 7) is 7.65. The summed E-state index contributed by atoms with van der Waals surface area (Å²) in [7, 11) is 0. The van der Waals surface area contributed by atoms with Crippen molar-refractivity contribution >= 4 is 28.3 Å². The first-order valence-electron chi connectivity index (χ1n) is 10.4. The summed E-state index contributed by atoms with van der Waals surface area (Å²) >= 11 is 6.12. The van der Waals surface area contributed by atoms with E-state index in [0.717, 1.165) is 48.5 Å². The van der Waals surface area contributed by atoms with Crippen molar-refractivity contribution in [3.63, 3.8) is 0 Å². The summed E-state index contributed by atoms with van der Waals surface area (Å²) in [5.74, 6) is 2.23. The molecule has 1 fully saturated rings. The fourth-order valence-corrected chi connectivity index (χ4v) is 4.14. The number of hydrogen-bond acceptors (Lipinski definition) is 7. The Hall–Kier alpha value is -3.03. The van der Waals surface area contributed by atoms with Crippen LogP contribution in [0.4, 0.5) is 5.82 Å². The molecule has 31 heavy (non-hydrogen) atoms. The first kappa shape index (κ1) is 19.9. The average Bonchev–Trinajstić information content (AvgIpc) is 3.29. The molecule has 1 aliphatic rings. The van der Waals surface area contributed by atoms with Crippen molar-refractivity contribution < 1.29 is 4.52 Å². The van der Waals surface area contributed by atoms with E-state index in [1.165, 1.54) is 5.56 Å². The van der Waals surface area contributed by atoms with Gasteiger partial charge in [0.05, 0.1) is 11.6 Å². The topological polar surface area (TPSA) is 71.2 Å². The van der Waals surface area contributed by atoms with Crippen LogP contribution in [0.5, 0.6) is 0 Å². The highest BCUT2D eigenvalue weighted by Gasteiger charge is 2.27. The Kier molecular flexibility index (Phi) is 5.29. The molecule has 2 aromatic heterocycles. The van der Waals surface area contributed by atoms with Gasteiger partial charge in [-0.05, 0) is 32.0 Å². The zero-order valence-corrected chi connectivity index (χ0v) is 18.3. The van der Waals surface area contributed by atoms with E-state index >= 15 is 0 Å². The minimum absolute atomic E-state index is 0.0507. The van der Waals surface area contributed by atoms with Gasteiger partial charge in [0.1, 0.15) is 12.1 Å². The number of hydrogen-bond donors (Lipinski definition) is 0. The SMILES string of the molecule is Cc1ccc(-c2noc([C@@H](C)N3CCN(c4ncnc5cc(Cl)ccc45)CC3)n2)cc1. The standard InChI is InChI=1S/C23H23ClN6O/c1-15-3-5-17(6-4-15)21-27-23(31-28-21)16(2)29-9-11-30(12-10-29)22-19-8-7-18(24)13-20(19)25-14-26-22/h3-8,13-14,16H,9-12H2,1-2H3/t16-/m1/s1. The van der Waals surface area contributed by atoms with Crippen molar-refractivity contribution in [3.05, 3.63) is 65.3 Å². The van der Waals surface area contributed by atoms with Gasteiger partial charge in [-0.3, -0.25) is 4.90 Å². The molecule has 0 saturated carbocycles. The molecule has 158 valence electrons. The molecule has 5 rings (SSSR count). The lowest BCUT2D eigenvalue weighted by Crippen LogP contribution is -2.47. The van der Waals surface area contributed by atoms with E-state index in [9.17, 15) is 0 Å². The largest absolute Gasteiger partial charge is 0.353 e. The van der Waals surface area contributed by atoms with Crippen LogP contribution in [0.2, 0.25) is 5.02 Å². The highest BCUT2D eigenvalue weighted by Crippen LogP contribution is 2.28. The number of anilines is 1. The van der Waals surface area contributed by atoms with Crippen molar-refractivity contribution in [2.24, 2.45) is 0 Å². The second kappa shape index (κ2) is 8.24. The van der Waals surface area contributed by atoms with E-state index in [-0.39, 0.29) is 6.04 Å². The maximum Gasteiger partial charge on any atom is 0.244 e. The van der Waals surface area contributed by atoms with Gasteiger partial charge in [-0.2, -0.15) is 4.98 Å². The number of benzene rings is 2. The predicted octanol–water partition coefficient (Wildman–Crippen LogP) is 4.52. The molecule has 3 heterocycles. The van der Waals surface area contributed by atoms with Crippen molar-refractivity contribution in [1.29, 1.82) is 0 Å². The van der Waals surface area contributed by atoms with Gasteiger partial charge in [0, 0.05) is 42.2 Å². The highest BCUT2D eigenvalue weighted by atomic mass is 35.5.